The number of hydrogen-bond donors (Lipinski definition) is 13. The molecule has 0 saturated carbocycles. The van der Waals surface area contributed by atoms with Crippen LogP contribution in [-0.2, 0) is 24.0 Å². The van der Waals surface area contributed by atoms with Gasteiger partial charge in [0.1, 0.15) is 0 Å². The Balaban J connectivity index is -0.0000000825. The van der Waals surface area contributed by atoms with E-state index in [0.717, 1.165) is 0 Å². The standard InChI is InChI=1S/2C5H12O4.5C3H3FO2/c2*6-1-5(2-7,3-8)4-9;5*1-2(4)3(5)6/h2*6-9H,1-4H2;5*1H2,(H,5,6). The summed E-state index contributed by atoms with van der Waals surface area (Å²) >= 11 is 0. The fourth-order valence-corrected chi connectivity index (χ4v) is 0.600. The molecule has 18 nitrogen and oxygen atoms in total. The Morgan fingerprint density at radius 1 is 0.333 bits per heavy atom. The third kappa shape index (κ3) is 43.5. The zero-order valence-corrected chi connectivity index (χ0v) is 24.9. The molecule has 0 rings (SSSR count). The zero-order valence-electron chi connectivity index (χ0n) is 24.9. The molecular formula is C25H39F5O18. The van der Waals surface area contributed by atoms with Gasteiger partial charge in [-0.15, -0.1) is 0 Å². The van der Waals surface area contributed by atoms with Crippen LogP contribution in [-0.4, -0.2) is 149 Å². The smallest absolute Gasteiger partial charge is 0.364 e. The highest BCUT2D eigenvalue weighted by Gasteiger charge is 2.27. The fraction of sp³-hybridized carbons (Fsp3) is 0.400. The predicted octanol–water partition coefficient (Wildman–Crippen LogP) is -1.34. The lowest BCUT2D eigenvalue weighted by molar-refractivity contribution is -0.135. The maximum absolute atomic E-state index is 11.0. The van der Waals surface area contributed by atoms with Crippen molar-refractivity contribution in [2.24, 2.45) is 10.8 Å². The first kappa shape index (κ1) is 58.9. The molecule has 0 fully saturated rings. The van der Waals surface area contributed by atoms with Gasteiger partial charge in [0.05, 0.1) is 63.7 Å². The number of rotatable bonds is 13. The fourth-order valence-electron chi connectivity index (χ4n) is 0.600. The molecule has 13 N–H and O–H groups in total. The summed E-state index contributed by atoms with van der Waals surface area (Å²) in [4.78, 5) is 46.1. The van der Waals surface area contributed by atoms with Gasteiger partial charge in [0, 0.05) is 0 Å². The van der Waals surface area contributed by atoms with E-state index >= 15 is 0 Å². The molecule has 0 heterocycles. The van der Waals surface area contributed by atoms with Crippen LogP contribution in [0.5, 0.6) is 0 Å². The largest absolute Gasteiger partial charge is 0.476 e. The Bertz CT molecular complexity index is 770. The quantitative estimate of drug-likeness (QED) is 0.0772. The molecule has 282 valence electrons. The monoisotopic (exact) mass is 722 g/mol. The lowest BCUT2D eigenvalue weighted by Gasteiger charge is -2.23. The maximum atomic E-state index is 11.0. The molecule has 0 radical (unpaired) electrons. The molecule has 23 heteroatoms. The van der Waals surface area contributed by atoms with Crippen molar-refractivity contribution in [2.45, 2.75) is 0 Å². The Kier molecular flexibility index (Phi) is 43.2. The van der Waals surface area contributed by atoms with E-state index in [9.17, 15) is 45.9 Å². The van der Waals surface area contributed by atoms with Crippen molar-refractivity contribution in [1.29, 1.82) is 0 Å². The van der Waals surface area contributed by atoms with E-state index in [2.05, 4.69) is 32.9 Å². The van der Waals surface area contributed by atoms with Crippen LogP contribution in [0, 0.1) is 10.8 Å². The molecule has 0 aliphatic rings. The summed E-state index contributed by atoms with van der Waals surface area (Å²) in [6.45, 7) is 9.19. The van der Waals surface area contributed by atoms with Gasteiger partial charge in [0.25, 0.3) is 0 Å². The number of aliphatic hydroxyl groups is 8. The van der Waals surface area contributed by atoms with E-state index < -0.39 is 123 Å². The topological polar surface area (TPSA) is 348 Å². The van der Waals surface area contributed by atoms with Gasteiger partial charge in [-0.2, -0.15) is 22.0 Å². The highest BCUT2D eigenvalue weighted by atomic mass is 19.1. The zero-order chi connectivity index (χ0) is 40.4. The molecule has 0 aliphatic heterocycles. The second kappa shape index (κ2) is 35.2. The van der Waals surface area contributed by atoms with Crippen molar-refractivity contribution in [2.75, 3.05) is 52.9 Å². The summed E-state index contributed by atoms with van der Waals surface area (Å²) < 4.78 is 55.2. The second-order valence-corrected chi connectivity index (χ2v) is 7.82. The Labute approximate surface area is 268 Å². The lowest BCUT2D eigenvalue weighted by atomic mass is 9.93. The molecule has 0 saturated heterocycles. The number of halogens is 5. The van der Waals surface area contributed by atoms with Crippen molar-refractivity contribution in [3.8, 4) is 0 Å². The number of carbonyl (C=O) groups is 5. The van der Waals surface area contributed by atoms with Gasteiger partial charge in [0.2, 0.25) is 29.1 Å². The molecule has 0 aromatic heterocycles. The van der Waals surface area contributed by atoms with E-state index in [1.165, 1.54) is 0 Å². The molecule has 0 aromatic carbocycles. The SMILES string of the molecule is C=C(F)C(=O)O.C=C(F)C(=O)O.C=C(F)C(=O)O.C=C(F)C(=O)O.C=C(F)C(=O)O.OCC(CO)(CO)CO.OCC(CO)(CO)CO. The van der Waals surface area contributed by atoms with Crippen LogP contribution in [0.25, 0.3) is 0 Å². The van der Waals surface area contributed by atoms with Gasteiger partial charge in [-0.3, -0.25) is 0 Å². The molecule has 48 heavy (non-hydrogen) atoms. The lowest BCUT2D eigenvalue weighted by Crippen LogP contribution is -2.37. The number of aliphatic hydroxyl groups excluding tert-OH is 8. The van der Waals surface area contributed by atoms with Crippen molar-refractivity contribution < 1.29 is 112 Å². The summed E-state index contributed by atoms with van der Waals surface area (Å²) in [5.74, 6) is -14.6. The van der Waals surface area contributed by atoms with E-state index in [1.54, 1.807) is 0 Å². The summed E-state index contributed by atoms with van der Waals surface area (Å²) in [5, 5.41) is 106. The minimum absolute atomic E-state index is 0.406. The van der Waals surface area contributed by atoms with Crippen LogP contribution in [0.4, 0.5) is 22.0 Å². The third-order valence-corrected chi connectivity index (χ3v) is 3.84. The summed E-state index contributed by atoms with van der Waals surface area (Å²) in [6, 6.07) is 0. The third-order valence-electron chi connectivity index (χ3n) is 3.84. The van der Waals surface area contributed by atoms with Crippen LogP contribution >= 0.6 is 0 Å². The van der Waals surface area contributed by atoms with Gasteiger partial charge in [-0.1, -0.05) is 32.9 Å². The van der Waals surface area contributed by atoms with E-state index in [4.69, 9.17) is 66.4 Å². The van der Waals surface area contributed by atoms with Gasteiger partial charge in [-0.05, 0) is 0 Å². The average Bonchev–Trinajstić information content (AvgIpc) is 3.01. The average molecular weight is 723 g/mol. The molecule has 0 unspecified atom stereocenters. The van der Waals surface area contributed by atoms with Gasteiger partial charge in [-0.25, -0.2) is 24.0 Å². The van der Waals surface area contributed by atoms with Crippen molar-refractivity contribution in [1.82, 2.24) is 0 Å². The summed E-state index contributed by atoms with van der Waals surface area (Å²) in [5.41, 5.74) is -2.22. The minimum Gasteiger partial charge on any atom is -0.476 e. The molecule has 0 aromatic rings. The molecular weight excluding hydrogens is 683 g/mol. The Morgan fingerprint density at radius 2 is 0.396 bits per heavy atom. The van der Waals surface area contributed by atoms with E-state index in [0.29, 0.717) is 0 Å². The van der Waals surface area contributed by atoms with Crippen LogP contribution in [0.3, 0.4) is 0 Å². The molecule has 0 bridgehead atoms. The first-order valence-electron chi connectivity index (χ1n) is 11.5. The van der Waals surface area contributed by atoms with Crippen LogP contribution in [0.1, 0.15) is 0 Å². The van der Waals surface area contributed by atoms with Gasteiger partial charge < -0.3 is 66.4 Å². The molecule has 0 atom stereocenters. The minimum atomic E-state index is -1.60. The second-order valence-electron chi connectivity index (χ2n) is 7.82. The highest BCUT2D eigenvalue weighted by Crippen LogP contribution is 2.12. The van der Waals surface area contributed by atoms with Crippen molar-refractivity contribution in [3.63, 3.8) is 0 Å². The van der Waals surface area contributed by atoms with Crippen LogP contribution < -0.4 is 0 Å². The predicted molar refractivity (Wildman–Crippen MR) is 151 cm³/mol. The van der Waals surface area contributed by atoms with E-state index in [1.807, 2.05) is 0 Å². The normalized spacial score (nSPS) is 9.19. The summed E-state index contributed by atoms with van der Waals surface area (Å²) in [7, 11) is 0. The number of carboxylic acids is 5. The molecule has 0 amide bonds. The summed E-state index contributed by atoms with van der Waals surface area (Å²) in [6.07, 6.45) is 0. The number of hydrogen-bond acceptors (Lipinski definition) is 13. The number of carboxylic acid groups (broad SMARTS) is 5. The van der Waals surface area contributed by atoms with Gasteiger partial charge in [0.15, 0.2) is 0 Å². The van der Waals surface area contributed by atoms with Crippen molar-refractivity contribution >= 4 is 29.8 Å². The Morgan fingerprint density at radius 3 is 0.396 bits per heavy atom. The van der Waals surface area contributed by atoms with E-state index in [-0.39, 0.29) is 0 Å². The number of aliphatic carboxylic acids is 5. The Hall–Kier alpha value is -4.62. The van der Waals surface area contributed by atoms with Crippen LogP contribution in [0.2, 0.25) is 0 Å². The van der Waals surface area contributed by atoms with Gasteiger partial charge >= 0.3 is 29.8 Å². The first-order chi connectivity index (χ1) is 21.7. The van der Waals surface area contributed by atoms with Crippen LogP contribution in [0.15, 0.2) is 62.0 Å². The highest BCUT2D eigenvalue weighted by molar-refractivity contribution is 5.84. The first-order valence-corrected chi connectivity index (χ1v) is 11.5. The maximum Gasteiger partial charge on any atom is 0.364 e. The van der Waals surface area contributed by atoms with Crippen molar-refractivity contribution in [3.05, 3.63) is 62.0 Å². The molecule has 0 aliphatic carbocycles. The molecule has 0 spiro atoms.